The summed E-state index contributed by atoms with van der Waals surface area (Å²) >= 11 is 0. The lowest BCUT2D eigenvalue weighted by Gasteiger charge is -2.20. The van der Waals surface area contributed by atoms with Gasteiger partial charge in [0.05, 0.1) is 0 Å². The monoisotopic (exact) mass is 262 g/mol. The molecule has 0 heterocycles. The number of hydrogen-bond acceptors (Lipinski definition) is 3. The van der Waals surface area contributed by atoms with Crippen LogP contribution in [-0.4, -0.2) is 11.0 Å². The first-order valence-corrected chi connectivity index (χ1v) is 6.99. The number of rotatable bonds is 4. The summed E-state index contributed by atoms with van der Waals surface area (Å²) in [5.41, 5.74) is 6.92. The Morgan fingerprint density at radius 2 is 2.05 bits per heavy atom. The number of carbonyl (C=O) groups is 1. The van der Waals surface area contributed by atoms with Gasteiger partial charge in [0, 0.05) is 24.2 Å². The molecule has 1 aliphatic carbocycles. The van der Waals surface area contributed by atoms with Crippen molar-refractivity contribution in [2.75, 3.05) is 5.73 Å². The number of amides is 1. The number of phenolic OH excluding ortho intramolecular Hbond substituents is 1. The van der Waals surface area contributed by atoms with E-state index in [2.05, 4.69) is 5.32 Å². The lowest BCUT2D eigenvalue weighted by atomic mass is 9.87. The molecule has 0 aromatic heterocycles. The molecule has 19 heavy (non-hydrogen) atoms. The molecule has 1 saturated carbocycles. The van der Waals surface area contributed by atoms with Gasteiger partial charge >= 0.3 is 0 Å². The van der Waals surface area contributed by atoms with Crippen molar-refractivity contribution in [3.8, 4) is 5.75 Å². The highest BCUT2D eigenvalue weighted by Gasteiger charge is 2.16. The number of nitrogen functional groups attached to an aromatic ring is 1. The predicted molar refractivity (Wildman–Crippen MR) is 75.6 cm³/mol. The van der Waals surface area contributed by atoms with Crippen LogP contribution in [0.2, 0.25) is 0 Å². The molecule has 1 aromatic rings. The average molecular weight is 262 g/mol. The fourth-order valence-electron chi connectivity index (χ4n) is 2.67. The zero-order valence-corrected chi connectivity index (χ0v) is 11.2. The zero-order valence-electron chi connectivity index (χ0n) is 11.2. The molecule has 1 fully saturated rings. The van der Waals surface area contributed by atoms with E-state index in [1.165, 1.54) is 19.3 Å². The van der Waals surface area contributed by atoms with Crippen molar-refractivity contribution in [1.29, 1.82) is 0 Å². The summed E-state index contributed by atoms with van der Waals surface area (Å²) in [5, 5.41) is 12.5. The van der Waals surface area contributed by atoms with Gasteiger partial charge in [0.1, 0.15) is 5.75 Å². The Kier molecular flexibility index (Phi) is 4.66. The molecule has 0 atom stereocenters. The molecule has 4 N–H and O–H groups in total. The third kappa shape index (κ3) is 4.16. The Hall–Kier alpha value is -1.71. The highest BCUT2D eigenvalue weighted by Crippen LogP contribution is 2.26. The molecule has 0 bridgehead atoms. The quantitative estimate of drug-likeness (QED) is 0.576. The van der Waals surface area contributed by atoms with Gasteiger partial charge in [0.2, 0.25) is 5.91 Å². The lowest BCUT2D eigenvalue weighted by molar-refractivity contribution is -0.122. The van der Waals surface area contributed by atoms with Crippen molar-refractivity contribution in [2.24, 2.45) is 5.92 Å². The van der Waals surface area contributed by atoms with E-state index in [0.717, 1.165) is 12.8 Å². The molecule has 0 spiro atoms. The fourth-order valence-corrected chi connectivity index (χ4v) is 2.67. The first kappa shape index (κ1) is 13.7. The Morgan fingerprint density at radius 3 is 2.79 bits per heavy atom. The van der Waals surface area contributed by atoms with E-state index in [9.17, 15) is 9.90 Å². The Labute approximate surface area is 114 Å². The molecule has 4 heteroatoms. The van der Waals surface area contributed by atoms with Crippen LogP contribution in [-0.2, 0) is 11.3 Å². The van der Waals surface area contributed by atoms with Gasteiger partial charge in [0.15, 0.2) is 0 Å². The third-order valence-corrected chi connectivity index (χ3v) is 3.78. The van der Waals surface area contributed by atoms with E-state index in [1.54, 1.807) is 18.2 Å². The maximum absolute atomic E-state index is 11.9. The number of benzene rings is 1. The summed E-state index contributed by atoms with van der Waals surface area (Å²) in [6.45, 7) is 0.336. The third-order valence-electron chi connectivity index (χ3n) is 3.78. The maximum Gasteiger partial charge on any atom is 0.220 e. The van der Waals surface area contributed by atoms with Crippen LogP contribution in [0.25, 0.3) is 0 Å². The molecule has 0 aliphatic heterocycles. The number of hydrogen-bond donors (Lipinski definition) is 3. The Balaban J connectivity index is 1.81. The molecule has 2 rings (SSSR count). The van der Waals surface area contributed by atoms with E-state index in [1.807, 2.05) is 0 Å². The summed E-state index contributed by atoms with van der Waals surface area (Å²) in [7, 11) is 0. The normalized spacial score (nSPS) is 16.2. The molecular formula is C15H22N2O2. The molecule has 4 nitrogen and oxygen atoms in total. The predicted octanol–water partition coefficient (Wildman–Crippen LogP) is 2.56. The van der Waals surface area contributed by atoms with Crippen LogP contribution in [0, 0.1) is 5.92 Å². The smallest absolute Gasteiger partial charge is 0.220 e. The topological polar surface area (TPSA) is 75.3 Å². The van der Waals surface area contributed by atoms with Crippen molar-refractivity contribution >= 4 is 11.6 Å². The second-order valence-corrected chi connectivity index (χ2v) is 5.37. The van der Waals surface area contributed by atoms with Gasteiger partial charge in [-0.05, 0) is 37.0 Å². The van der Waals surface area contributed by atoms with E-state index >= 15 is 0 Å². The summed E-state index contributed by atoms with van der Waals surface area (Å²) in [6.07, 6.45) is 6.72. The lowest BCUT2D eigenvalue weighted by Crippen LogP contribution is -2.26. The molecular weight excluding hydrogens is 240 g/mol. The average Bonchev–Trinajstić information content (AvgIpc) is 2.41. The molecule has 1 amide bonds. The van der Waals surface area contributed by atoms with Crippen molar-refractivity contribution in [3.05, 3.63) is 23.8 Å². The number of carbonyl (C=O) groups excluding carboxylic acids is 1. The zero-order chi connectivity index (χ0) is 13.7. The molecule has 1 aliphatic rings. The summed E-state index contributed by atoms with van der Waals surface area (Å²) in [6, 6.07) is 4.89. The number of phenols is 1. The van der Waals surface area contributed by atoms with Crippen molar-refractivity contribution < 1.29 is 9.90 Å². The first-order chi connectivity index (χ1) is 9.15. The highest BCUT2D eigenvalue weighted by molar-refractivity contribution is 5.76. The van der Waals surface area contributed by atoms with Gasteiger partial charge in [-0.3, -0.25) is 4.79 Å². The van der Waals surface area contributed by atoms with Crippen LogP contribution < -0.4 is 11.1 Å². The summed E-state index contributed by atoms with van der Waals surface area (Å²) in [5.74, 6) is 0.768. The van der Waals surface area contributed by atoms with Crippen molar-refractivity contribution in [3.63, 3.8) is 0 Å². The van der Waals surface area contributed by atoms with Crippen molar-refractivity contribution in [2.45, 2.75) is 45.1 Å². The van der Waals surface area contributed by atoms with Gasteiger partial charge < -0.3 is 16.2 Å². The van der Waals surface area contributed by atoms with E-state index in [4.69, 9.17) is 5.73 Å². The molecule has 0 saturated heterocycles. The fraction of sp³-hybridized carbons (Fsp3) is 0.533. The SMILES string of the molecule is Nc1ccc(O)c(CNC(=O)CC2CCCCC2)c1. The number of nitrogens with two attached hydrogens (primary N) is 1. The Bertz CT molecular complexity index is 440. The van der Waals surface area contributed by atoms with Gasteiger partial charge in [-0.2, -0.15) is 0 Å². The van der Waals surface area contributed by atoms with Crippen LogP contribution in [0.4, 0.5) is 5.69 Å². The molecule has 0 unspecified atom stereocenters. The molecule has 1 aromatic carbocycles. The maximum atomic E-state index is 11.9. The van der Waals surface area contributed by atoms with Crippen molar-refractivity contribution in [1.82, 2.24) is 5.32 Å². The van der Waals surface area contributed by atoms with Crippen LogP contribution >= 0.6 is 0 Å². The van der Waals surface area contributed by atoms with Gasteiger partial charge in [-0.1, -0.05) is 19.3 Å². The van der Waals surface area contributed by atoms with Crippen LogP contribution in [0.1, 0.15) is 44.1 Å². The summed E-state index contributed by atoms with van der Waals surface area (Å²) < 4.78 is 0. The minimum Gasteiger partial charge on any atom is -0.508 e. The number of anilines is 1. The number of nitrogens with one attached hydrogen (secondary N) is 1. The molecule has 104 valence electrons. The van der Waals surface area contributed by atoms with Gasteiger partial charge in [-0.15, -0.1) is 0 Å². The second kappa shape index (κ2) is 6.45. The van der Waals surface area contributed by atoms with E-state index in [-0.39, 0.29) is 11.7 Å². The highest BCUT2D eigenvalue weighted by atomic mass is 16.3. The minimum atomic E-state index is 0.0636. The van der Waals surface area contributed by atoms with E-state index in [0.29, 0.717) is 30.1 Å². The summed E-state index contributed by atoms with van der Waals surface area (Å²) in [4.78, 5) is 11.9. The Morgan fingerprint density at radius 1 is 1.32 bits per heavy atom. The largest absolute Gasteiger partial charge is 0.508 e. The van der Waals surface area contributed by atoms with Crippen LogP contribution in [0.3, 0.4) is 0 Å². The van der Waals surface area contributed by atoms with Crippen LogP contribution in [0.15, 0.2) is 18.2 Å². The molecule has 0 radical (unpaired) electrons. The second-order valence-electron chi connectivity index (χ2n) is 5.37. The standard InChI is InChI=1S/C15H22N2O2/c16-13-6-7-14(18)12(9-13)10-17-15(19)8-11-4-2-1-3-5-11/h6-7,9,11,18H,1-5,8,10,16H2,(H,17,19). The first-order valence-electron chi connectivity index (χ1n) is 6.99. The minimum absolute atomic E-state index is 0.0636. The van der Waals surface area contributed by atoms with Gasteiger partial charge in [-0.25, -0.2) is 0 Å². The number of aromatic hydroxyl groups is 1. The van der Waals surface area contributed by atoms with Crippen LogP contribution in [0.5, 0.6) is 5.75 Å². The van der Waals surface area contributed by atoms with E-state index < -0.39 is 0 Å². The van der Waals surface area contributed by atoms with Gasteiger partial charge in [0.25, 0.3) is 0 Å².